The highest BCUT2D eigenvalue weighted by molar-refractivity contribution is 5.08. The van der Waals surface area contributed by atoms with E-state index in [9.17, 15) is 25.5 Å². The molecule has 8 heteroatoms. The van der Waals surface area contributed by atoms with E-state index in [-0.39, 0.29) is 11.5 Å². The molecule has 0 amide bonds. The van der Waals surface area contributed by atoms with Crippen LogP contribution in [0.15, 0.2) is 0 Å². The van der Waals surface area contributed by atoms with Gasteiger partial charge in [-0.05, 0) is 39.5 Å². The van der Waals surface area contributed by atoms with Crippen LogP contribution in [0.3, 0.4) is 0 Å². The Hall–Kier alpha value is -0.320. The van der Waals surface area contributed by atoms with Gasteiger partial charge in [0.15, 0.2) is 6.29 Å². The molecule has 140 valence electrons. The fourth-order valence-electron chi connectivity index (χ4n) is 4.19. The van der Waals surface area contributed by atoms with E-state index in [4.69, 9.17) is 14.2 Å². The first kappa shape index (κ1) is 18.5. The van der Waals surface area contributed by atoms with Crippen molar-refractivity contribution >= 4 is 0 Å². The minimum absolute atomic E-state index is 0.0872. The molecule has 4 fully saturated rings. The Kier molecular flexibility index (Phi) is 4.72. The van der Waals surface area contributed by atoms with Crippen molar-refractivity contribution in [3.05, 3.63) is 0 Å². The van der Waals surface area contributed by atoms with Crippen molar-refractivity contribution in [1.82, 2.24) is 0 Å². The second-order valence-corrected chi connectivity index (χ2v) is 7.90. The predicted octanol–water partition coefficient (Wildman–Crippen LogP) is -1.49. The maximum atomic E-state index is 10.4. The molecule has 24 heavy (non-hydrogen) atoms. The van der Waals surface area contributed by atoms with Crippen molar-refractivity contribution in [2.75, 3.05) is 6.61 Å². The number of hydrogen-bond acceptors (Lipinski definition) is 8. The Labute approximate surface area is 141 Å². The predicted molar refractivity (Wildman–Crippen MR) is 80.9 cm³/mol. The van der Waals surface area contributed by atoms with E-state index in [2.05, 4.69) is 0 Å². The number of fused-ring (bicyclic) bond motifs is 3. The minimum atomic E-state index is -1.49. The molecule has 0 aromatic carbocycles. The van der Waals surface area contributed by atoms with Crippen LogP contribution >= 0.6 is 0 Å². The molecule has 1 saturated carbocycles. The summed E-state index contributed by atoms with van der Waals surface area (Å²) in [6.07, 6.45) is -6.64. The van der Waals surface area contributed by atoms with Crippen LogP contribution in [0.25, 0.3) is 0 Å². The van der Waals surface area contributed by atoms with Crippen LogP contribution in [0.1, 0.15) is 33.6 Å². The molecule has 3 heterocycles. The van der Waals surface area contributed by atoms with Crippen LogP contribution in [-0.4, -0.2) is 86.3 Å². The van der Waals surface area contributed by atoms with Crippen LogP contribution in [-0.2, 0) is 14.2 Å². The van der Waals surface area contributed by atoms with E-state index in [1.54, 1.807) is 6.92 Å². The molecule has 2 unspecified atom stereocenters. The second-order valence-electron chi connectivity index (χ2n) is 7.90. The molecule has 4 aliphatic rings. The van der Waals surface area contributed by atoms with Crippen LogP contribution in [0.4, 0.5) is 0 Å². The van der Waals surface area contributed by atoms with E-state index >= 15 is 0 Å². The lowest BCUT2D eigenvalue weighted by Crippen LogP contribution is -2.70. The average Bonchev–Trinajstić information content (AvgIpc) is 2.50. The first-order chi connectivity index (χ1) is 11.1. The normalized spacial score (nSPS) is 54.0. The highest BCUT2D eigenvalue weighted by Gasteiger charge is 2.60. The number of rotatable bonds is 3. The van der Waals surface area contributed by atoms with E-state index in [1.165, 1.54) is 0 Å². The minimum Gasteiger partial charge on any atom is -0.394 e. The molecule has 4 rings (SSSR count). The SMILES string of the molecule is CC1(C)OC2(C)[C@@H](O)CC1C[C@H]2O[C@@H]1O[C@H](CO)[C@@H](O)[C@H](O)[C@H]1O. The van der Waals surface area contributed by atoms with E-state index in [1.807, 2.05) is 13.8 Å². The third-order valence-corrected chi connectivity index (χ3v) is 5.92. The van der Waals surface area contributed by atoms with Crippen molar-refractivity contribution in [3.63, 3.8) is 0 Å². The van der Waals surface area contributed by atoms with Crippen LogP contribution in [0.2, 0.25) is 0 Å². The molecule has 9 atom stereocenters. The molecule has 0 aromatic heterocycles. The average molecular weight is 348 g/mol. The van der Waals surface area contributed by atoms with Crippen molar-refractivity contribution in [3.8, 4) is 0 Å². The molecule has 1 aliphatic carbocycles. The van der Waals surface area contributed by atoms with E-state index < -0.39 is 55.1 Å². The van der Waals surface area contributed by atoms with Crippen molar-refractivity contribution in [2.45, 2.75) is 87.7 Å². The highest BCUT2D eigenvalue weighted by Crippen LogP contribution is 2.51. The summed E-state index contributed by atoms with van der Waals surface area (Å²) < 4.78 is 17.3. The second kappa shape index (κ2) is 6.14. The standard InChI is InChI=1S/C16H28O8/c1-15(2)7-4-9(18)16(3,24-15)10(5-7)23-14-13(21)12(20)11(19)8(6-17)22-14/h7-14,17-21H,4-6H2,1-3H3/t7?,8-,9+,10-,11-,12+,13-,14+,16?/m1/s1. The lowest BCUT2D eigenvalue weighted by atomic mass is 9.65. The van der Waals surface area contributed by atoms with Gasteiger partial charge in [-0.25, -0.2) is 0 Å². The molecular formula is C16H28O8. The fraction of sp³-hybridized carbons (Fsp3) is 1.00. The largest absolute Gasteiger partial charge is 0.394 e. The van der Waals surface area contributed by atoms with E-state index in [0.717, 1.165) is 0 Å². The van der Waals surface area contributed by atoms with Gasteiger partial charge in [0, 0.05) is 0 Å². The number of ether oxygens (including phenoxy) is 3. The quantitative estimate of drug-likeness (QED) is 0.417. The Balaban J connectivity index is 1.76. The third-order valence-electron chi connectivity index (χ3n) is 5.92. The number of aliphatic hydroxyl groups is 5. The summed E-state index contributed by atoms with van der Waals surface area (Å²) in [7, 11) is 0. The molecule has 0 radical (unpaired) electrons. The van der Waals surface area contributed by atoms with Gasteiger partial charge >= 0.3 is 0 Å². The Morgan fingerprint density at radius 1 is 1.00 bits per heavy atom. The van der Waals surface area contributed by atoms with Gasteiger partial charge in [0.1, 0.15) is 30.0 Å². The molecule has 0 aromatic rings. The monoisotopic (exact) mass is 348 g/mol. The molecule has 5 N–H and O–H groups in total. The first-order valence-electron chi connectivity index (χ1n) is 8.44. The van der Waals surface area contributed by atoms with Crippen LogP contribution in [0.5, 0.6) is 0 Å². The zero-order valence-electron chi connectivity index (χ0n) is 14.2. The maximum absolute atomic E-state index is 10.4. The Morgan fingerprint density at radius 3 is 2.29 bits per heavy atom. The summed E-state index contributed by atoms with van der Waals surface area (Å²) in [4.78, 5) is 0. The molecule has 3 saturated heterocycles. The zero-order valence-corrected chi connectivity index (χ0v) is 14.2. The molecular weight excluding hydrogens is 320 g/mol. The third kappa shape index (κ3) is 2.79. The smallest absolute Gasteiger partial charge is 0.187 e. The summed E-state index contributed by atoms with van der Waals surface area (Å²) in [6, 6.07) is 0. The van der Waals surface area contributed by atoms with Gasteiger partial charge in [-0.1, -0.05) is 0 Å². The van der Waals surface area contributed by atoms with Gasteiger partial charge in [0.2, 0.25) is 0 Å². The van der Waals surface area contributed by atoms with Gasteiger partial charge in [-0.15, -0.1) is 0 Å². The summed E-state index contributed by atoms with van der Waals surface area (Å²) in [5.41, 5.74) is -1.35. The summed E-state index contributed by atoms with van der Waals surface area (Å²) >= 11 is 0. The van der Waals surface area contributed by atoms with Crippen molar-refractivity contribution < 1.29 is 39.7 Å². The van der Waals surface area contributed by atoms with Crippen LogP contribution in [0, 0.1) is 5.92 Å². The Bertz CT molecular complexity index is 469. The van der Waals surface area contributed by atoms with Gasteiger partial charge in [0.05, 0.1) is 24.4 Å². The summed E-state index contributed by atoms with van der Waals surface area (Å²) in [5.74, 6) is 0.0872. The lowest BCUT2D eigenvalue weighted by Gasteiger charge is -2.60. The van der Waals surface area contributed by atoms with Crippen LogP contribution < -0.4 is 0 Å². The van der Waals surface area contributed by atoms with Crippen molar-refractivity contribution in [1.29, 1.82) is 0 Å². The van der Waals surface area contributed by atoms with Gasteiger partial charge in [0.25, 0.3) is 0 Å². The van der Waals surface area contributed by atoms with E-state index in [0.29, 0.717) is 12.8 Å². The summed E-state index contributed by atoms with van der Waals surface area (Å²) in [6.45, 7) is 5.21. The van der Waals surface area contributed by atoms with Crippen molar-refractivity contribution in [2.24, 2.45) is 5.92 Å². The first-order valence-corrected chi connectivity index (χ1v) is 8.44. The fourth-order valence-corrected chi connectivity index (χ4v) is 4.19. The highest BCUT2D eigenvalue weighted by atomic mass is 16.7. The number of aliphatic hydroxyl groups excluding tert-OH is 5. The van der Waals surface area contributed by atoms with Gasteiger partial charge in [-0.3, -0.25) is 0 Å². The molecule has 2 bridgehead atoms. The lowest BCUT2D eigenvalue weighted by molar-refractivity contribution is -0.368. The molecule has 0 spiro atoms. The topological polar surface area (TPSA) is 129 Å². The maximum Gasteiger partial charge on any atom is 0.187 e. The molecule has 3 aliphatic heterocycles. The molecule has 8 nitrogen and oxygen atoms in total. The van der Waals surface area contributed by atoms with Gasteiger partial charge < -0.3 is 39.7 Å². The zero-order chi connectivity index (χ0) is 17.9. The summed E-state index contributed by atoms with van der Waals surface area (Å²) in [5, 5.41) is 49.5. The Morgan fingerprint density at radius 2 is 1.67 bits per heavy atom. The van der Waals surface area contributed by atoms with Gasteiger partial charge in [-0.2, -0.15) is 0 Å². The number of hydrogen-bond donors (Lipinski definition) is 5.